The van der Waals surface area contributed by atoms with Crippen molar-refractivity contribution in [1.82, 2.24) is 4.90 Å². The monoisotopic (exact) mass is 379 g/mol. The normalized spacial score (nSPS) is 19.3. The molecule has 1 saturated heterocycles. The fourth-order valence-corrected chi connectivity index (χ4v) is 3.66. The molecule has 1 unspecified atom stereocenters. The molecule has 1 aliphatic heterocycles. The molecule has 28 heavy (non-hydrogen) atoms. The number of ketones is 1. The predicted octanol–water partition coefficient (Wildman–Crippen LogP) is 3.86. The molecule has 1 amide bonds. The van der Waals surface area contributed by atoms with Gasteiger partial charge in [0.05, 0.1) is 11.0 Å². The van der Waals surface area contributed by atoms with Crippen LogP contribution in [0.4, 0.5) is 0 Å². The molecular weight excluding hydrogens is 354 g/mol. The molecule has 146 valence electrons. The van der Waals surface area contributed by atoms with Crippen LogP contribution < -0.4 is 0 Å². The van der Waals surface area contributed by atoms with Crippen LogP contribution in [0.1, 0.15) is 57.2 Å². The molecule has 0 spiro atoms. The van der Waals surface area contributed by atoms with Crippen molar-refractivity contribution in [1.29, 1.82) is 0 Å². The van der Waals surface area contributed by atoms with E-state index in [1.165, 1.54) is 0 Å². The summed E-state index contributed by atoms with van der Waals surface area (Å²) in [4.78, 5) is 39.4. The molecule has 1 fully saturated rings. The van der Waals surface area contributed by atoms with Crippen LogP contribution in [0.15, 0.2) is 42.5 Å². The van der Waals surface area contributed by atoms with Crippen molar-refractivity contribution in [3.05, 3.63) is 70.3 Å². The predicted molar refractivity (Wildman–Crippen MR) is 107 cm³/mol. The molecule has 0 saturated carbocycles. The minimum absolute atomic E-state index is 0.146. The van der Waals surface area contributed by atoms with Gasteiger partial charge in [-0.3, -0.25) is 14.4 Å². The smallest absolute Gasteiger partial charge is 0.311 e. The Balaban J connectivity index is 1.93. The second-order valence-corrected chi connectivity index (χ2v) is 7.87. The zero-order valence-electron chi connectivity index (χ0n) is 16.5. The SMILES string of the molecule is Cc1ccc(C(=O)c2ccccc2C(=O)N2CCCC(C)(C(=O)O)C2)cc1C. The lowest BCUT2D eigenvalue weighted by Gasteiger charge is -2.37. The summed E-state index contributed by atoms with van der Waals surface area (Å²) in [7, 11) is 0. The number of carbonyl (C=O) groups excluding carboxylic acids is 2. The number of aliphatic carboxylic acids is 1. The molecule has 5 heteroatoms. The van der Waals surface area contributed by atoms with Crippen molar-refractivity contribution in [3.63, 3.8) is 0 Å². The average molecular weight is 379 g/mol. The highest BCUT2D eigenvalue weighted by atomic mass is 16.4. The molecule has 5 nitrogen and oxygen atoms in total. The van der Waals surface area contributed by atoms with Gasteiger partial charge in [0.2, 0.25) is 0 Å². The largest absolute Gasteiger partial charge is 0.481 e. The maximum absolute atomic E-state index is 13.2. The van der Waals surface area contributed by atoms with E-state index in [-0.39, 0.29) is 18.2 Å². The van der Waals surface area contributed by atoms with E-state index in [1.54, 1.807) is 42.2 Å². The number of hydrogen-bond donors (Lipinski definition) is 1. The molecule has 2 aromatic carbocycles. The highest BCUT2D eigenvalue weighted by molar-refractivity contribution is 6.15. The van der Waals surface area contributed by atoms with E-state index >= 15 is 0 Å². The first kappa shape index (κ1) is 19.8. The summed E-state index contributed by atoms with van der Waals surface area (Å²) in [6.07, 6.45) is 1.16. The number of amides is 1. The van der Waals surface area contributed by atoms with Crippen molar-refractivity contribution in [2.45, 2.75) is 33.6 Å². The molecule has 1 atom stereocenters. The van der Waals surface area contributed by atoms with E-state index in [2.05, 4.69) is 0 Å². The minimum Gasteiger partial charge on any atom is -0.481 e. The van der Waals surface area contributed by atoms with Crippen molar-refractivity contribution in [3.8, 4) is 0 Å². The summed E-state index contributed by atoms with van der Waals surface area (Å²) >= 11 is 0. The standard InChI is InChI=1S/C23H25NO4/c1-15-9-10-17(13-16(15)2)20(25)18-7-4-5-8-19(18)21(26)24-12-6-11-23(3,14-24)22(27)28/h4-5,7-10,13H,6,11-12,14H2,1-3H3,(H,27,28). The molecule has 0 aromatic heterocycles. The third-order valence-electron chi connectivity index (χ3n) is 5.67. The van der Waals surface area contributed by atoms with Gasteiger partial charge in [-0.25, -0.2) is 0 Å². The van der Waals surface area contributed by atoms with Gasteiger partial charge >= 0.3 is 5.97 Å². The van der Waals surface area contributed by atoms with E-state index in [9.17, 15) is 19.5 Å². The number of carbonyl (C=O) groups is 3. The van der Waals surface area contributed by atoms with Crippen LogP contribution >= 0.6 is 0 Å². The van der Waals surface area contributed by atoms with Crippen LogP contribution in [-0.2, 0) is 4.79 Å². The third-order valence-corrected chi connectivity index (χ3v) is 5.67. The van der Waals surface area contributed by atoms with Gasteiger partial charge in [0, 0.05) is 24.2 Å². The molecule has 1 aliphatic rings. The van der Waals surface area contributed by atoms with Gasteiger partial charge in [0.1, 0.15) is 0 Å². The minimum atomic E-state index is -0.957. The highest BCUT2D eigenvalue weighted by Crippen LogP contribution is 2.31. The first-order chi connectivity index (χ1) is 13.2. The molecule has 3 rings (SSSR count). The van der Waals surface area contributed by atoms with Gasteiger partial charge in [-0.05, 0) is 56.9 Å². The molecular formula is C23H25NO4. The molecule has 2 aromatic rings. The van der Waals surface area contributed by atoms with Gasteiger partial charge in [-0.15, -0.1) is 0 Å². The van der Waals surface area contributed by atoms with Gasteiger partial charge in [-0.1, -0.05) is 30.3 Å². The Bertz CT molecular complexity index is 949. The number of aryl methyl sites for hydroxylation is 2. The Morgan fingerprint density at radius 3 is 2.32 bits per heavy atom. The lowest BCUT2D eigenvalue weighted by Crippen LogP contribution is -2.48. The van der Waals surface area contributed by atoms with Crippen molar-refractivity contribution < 1.29 is 19.5 Å². The lowest BCUT2D eigenvalue weighted by molar-refractivity contribution is -0.150. The lowest BCUT2D eigenvalue weighted by atomic mass is 9.81. The van der Waals surface area contributed by atoms with Gasteiger partial charge in [0.25, 0.3) is 5.91 Å². The van der Waals surface area contributed by atoms with E-state index in [1.807, 2.05) is 26.0 Å². The summed E-state index contributed by atoms with van der Waals surface area (Å²) in [6, 6.07) is 12.3. The Hall–Kier alpha value is -2.95. The topological polar surface area (TPSA) is 74.7 Å². The maximum Gasteiger partial charge on any atom is 0.311 e. The van der Waals surface area contributed by atoms with Crippen LogP contribution in [-0.4, -0.2) is 40.8 Å². The fourth-order valence-electron chi connectivity index (χ4n) is 3.66. The highest BCUT2D eigenvalue weighted by Gasteiger charge is 2.40. The molecule has 0 bridgehead atoms. The Morgan fingerprint density at radius 2 is 1.68 bits per heavy atom. The van der Waals surface area contributed by atoms with Crippen molar-refractivity contribution in [2.75, 3.05) is 13.1 Å². The van der Waals surface area contributed by atoms with Gasteiger partial charge in [-0.2, -0.15) is 0 Å². The second kappa shape index (κ2) is 7.58. The summed E-state index contributed by atoms with van der Waals surface area (Å²) in [5, 5.41) is 9.52. The molecule has 1 N–H and O–H groups in total. The van der Waals surface area contributed by atoms with Crippen LogP contribution in [0.2, 0.25) is 0 Å². The van der Waals surface area contributed by atoms with E-state index in [0.29, 0.717) is 36.1 Å². The summed E-state index contributed by atoms with van der Waals surface area (Å²) in [6.45, 7) is 6.24. The number of rotatable bonds is 4. The number of nitrogens with zero attached hydrogens (tertiary/aromatic N) is 1. The molecule has 0 aliphatic carbocycles. The van der Waals surface area contributed by atoms with Crippen LogP contribution in [0.5, 0.6) is 0 Å². The summed E-state index contributed by atoms with van der Waals surface area (Å²) in [5.41, 5.74) is 2.36. The summed E-state index contributed by atoms with van der Waals surface area (Å²) < 4.78 is 0. The number of carboxylic acids is 1. The van der Waals surface area contributed by atoms with E-state index in [4.69, 9.17) is 0 Å². The first-order valence-electron chi connectivity index (χ1n) is 9.46. The Labute approximate surface area is 165 Å². The van der Waals surface area contributed by atoms with Gasteiger partial charge < -0.3 is 10.0 Å². The van der Waals surface area contributed by atoms with Crippen LogP contribution in [0.3, 0.4) is 0 Å². The average Bonchev–Trinajstić information content (AvgIpc) is 2.69. The second-order valence-electron chi connectivity index (χ2n) is 7.87. The van der Waals surface area contributed by atoms with Crippen molar-refractivity contribution >= 4 is 17.7 Å². The van der Waals surface area contributed by atoms with E-state index in [0.717, 1.165) is 11.1 Å². The number of likely N-dealkylation sites (tertiary alicyclic amines) is 1. The zero-order chi connectivity index (χ0) is 20.5. The van der Waals surface area contributed by atoms with Crippen LogP contribution in [0.25, 0.3) is 0 Å². The Morgan fingerprint density at radius 1 is 1.00 bits per heavy atom. The maximum atomic E-state index is 13.2. The number of carboxylic acid groups (broad SMARTS) is 1. The van der Waals surface area contributed by atoms with E-state index < -0.39 is 11.4 Å². The van der Waals surface area contributed by atoms with Crippen molar-refractivity contribution in [2.24, 2.45) is 5.41 Å². The number of benzene rings is 2. The quantitative estimate of drug-likeness (QED) is 0.819. The molecule has 1 heterocycles. The number of hydrogen-bond acceptors (Lipinski definition) is 3. The third kappa shape index (κ3) is 3.70. The fraction of sp³-hybridized carbons (Fsp3) is 0.348. The van der Waals surface area contributed by atoms with Crippen LogP contribution in [0, 0.1) is 19.3 Å². The first-order valence-corrected chi connectivity index (χ1v) is 9.46. The zero-order valence-corrected chi connectivity index (χ0v) is 16.5. The summed E-state index contributed by atoms with van der Waals surface area (Å²) in [5.74, 6) is -1.39. The molecule has 0 radical (unpaired) electrons. The van der Waals surface area contributed by atoms with Gasteiger partial charge in [0.15, 0.2) is 5.78 Å². The number of piperidine rings is 1. The Kier molecular flexibility index (Phi) is 5.36.